The molecule has 1 N–H and O–H groups in total. The molecule has 0 unspecified atom stereocenters. The van der Waals surface area contributed by atoms with Gasteiger partial charge >= 0.3 is 0 Å². The van der Waals surface area contributed by atoms with Gasteiger partial charge in [-0.15, -0.1) is 0 Å². The molecule has 2 heterocycles. The first kappa shape index (κ1) is 15.9. The number of rotatable bonds is 5. The number of nitrogens with one attached hydrogen (secondary N) is 1. The Morgan fingerprint density at radius 3 is 2.96 bits per heavy atom. The molecule has 0 saturated carbocycles. The Balaban J connectivity index is 1.74. The number of aromatic nitrogens is 1. The predicted molar refractivity (Wildman–Crippen MR) is 88.0 cm³/mol. The summed E-state index contributed by atoms with van der Waals surface area (Å²) in [6.07, 6.45) is 1.39. The second-order valence-corrected chi connectivity index (χ2v) is 4.90. The van der Waals surface area contributed by atoms with Crippen LogP contribution >= 0.6 is 0 Å². The standard InChI is InChI=1S/C16H11N5O4/c1-10-19-14(8-17)16(24-10)20-18-9-13-5-6-15(25-13)11-3-2-4-12(7-11)21(22)23/h2-7,9,20H,1H3/b18-9+. The molecule has 9 nitrogen and oxygen atoms in total. The maximum Gasteiger partial charge on any atom is 0.270 e. The minimum absolute atomic E-state index is 0.0181. The van der Waals surface area contributed by atoms with Crippen LogP contribution in [0.5, 0.6) is 0 Å². The molecule has 0 radical (unpaired) electrons. The first-order valence-corrected chi connectivity index (χ1v) is 7.08. The van der Waals surface area contributed by atoms with Crippen molar-refractivity contribution in [1.29, 1.82) is 5.26 Å². The number of aryl methyl sites for hydroxylation is 1. The molecular weight excluding hydrogens is 326 g/mol. The molecule has 1 aromatic carbocycles. The number of furan rings is 1. The number of anilines is 1. The van der Waals surface area contributed by atoms with Gasteiger partial charge < -0.3 is 8.83 Å². The van der Waals surface area contributed by atoms with E-state index < -0.39 is 4.92 Å². The van der Waals surface area contributed by atoms with Gasteiger partial charge in [0.25, 0.3) is 11.6 Å². The van der Waals surface area contributed by atoms with Crippen molar-refractivity contribution >= 4 is 17.8 Å². The minimum atomic E-state index is -0.467. The van der Waals surface area contributed by atoms with Gasteiger partial charge in [-0.1, -0.05) is 12.1 Å². The van der Waals surface area contributed by atoms with Crippen molar-refractivity contribution in [2.24, 2.45) is 5.10 Å². The van der Waals surface area contributed by atoms with Crippen LogP contribution in [0, 0.1) is 28.4 Å². The molecule has 0 bridgehead atoms. The van der Waals surface area contributed by atoms with E-state index in [4.69, 9.17) is 14.1 Å². The summed E-state index contributed by atoms with van der Waals surface area (Å²) in [6.45, 7) is 1.62. The number of non-ortho nitro benzene ring substituents is 1. The molecule has 3 aromatic rings. The minimum Gasteiger partial charge on any atom is -0.455 e. The molecular formula is C16H11N5O4. The largest absolute Gasteiger partial charge is 0.455 e. The van der Waals surface area contributed by atoms with Gasteiger partial charge in [0, 0.05) is 24.6 Å². The number of nitro groups is 1. The number of oxazole rings is 1. The Morgan fingerprint density at radius 1 is 1.36 bits per heavy atom. The van der Waals surface area contributed by atoms with Gasteiger partial charge in [0.1, 0.15) is 17.6 Å². The second-order valence-electron chi connectivity index (χ2n) is 4.90. The van der Waals surface area contributed by atoms with Gasteiger partial charge in [-0.3, -0.25) is 10.1 Å². The Kier molecular flexibility index (Phi) is 4.26. The van der Waals surface area contributed by atoms with Crippen molar-refractivity contribution in [2.45, 2.75) is 6.92 Å². The quantitative estimate of drug-likeness (QED) is 0.428. The summed E-state index contributed by atoms with van der Waals surface area (Å²) in [6, 6.07) is 11.4. The molecule has 0 aliphatic rings. The van der Waals surface area contributed by atoms with Gasteiger partial charge in [-0.05, 0) is 12.1 Å². The highest BCUT2D eigenvalue weighted by Crippen LogP contribution is 2.25. The summed E-state index contributed by atoms with van der Waals surface area (Å²) in [4.78, 5) is 14.2. The third-order valence-electron chi connectivity index (χ3n) is 3.17. The SMILES string of the molecule is Cc1nc(C#N)c(N/N=C/c2ccc(-c3cccc([N+](=O)[O-])c3)o2)o1. The summed E-state index contributed by atoms with van der Waals surface area (Å²) in [7, 11) is 0. The van der Waals surface area contributed by atoms with Crippen LogP contribution in [0.25, 0.3) is 11.3 Å². The van der Waals surface area contributed by atoms with Crippen LogP contribution in [0.2, 0.25) is 0 Å². The van der Waals surface area contributed by atoms with Crippen molar-refractivity contribution < 1.29 is 13.8 Å². The number of hydrogen-bond acceptors (Lipinski definition) is 8. The highest BCUT2D eigenvalue weighted by atomic mass is 16.6. The van der Waals surface area contributed by atoms with Gasteiger partial charge in [0.15, 0.2) is 5.89 Å². The van der Waals surface area contributed by atoms with Crippen molar-refractivity contribution in [3.63, 3.8) is 0 Å². The van der Waals surface area contributed by atoms with Crippen molar-refractivity contribution in [3.05, 3.63) is 63.9 Å². The second kappa shape index (κ2) is 6.67. The topological polar surface area (TPSA) is 130 Å². The molecule has 124 valence electrons. The lowest BCUT2D eigenvalue weighted by atomic mass is 10.1. The molecule has 0 aliphatic carbocycles. The molecule has 0 aliphatic heterocycles. The molecule has 0 spiro atoms. The number of nitro benzene ring substituents is 1. The van der Waals surface area contributed by atoms with E-state index in [0.29, 0.717) is 23.0 Å². The molecule has 0 saturated heterocycles. The molecule has 0 amide bonds. The van der Waals surface area contributed by atoms with E-state index in [0.717, 1.165) is 0 Å². The summed E-state index contributed by atoms with van der Waals surface area (Å²) in [5.41, 5.74) is 3.24. The van der Waals surface area contributed by atoms with Crippen LogP contribution < -0.4 is 5.43 Å². The highest BCUT2D eigenvalue weighted by molar-refractivity contribution is 5.78. The lowest BCUT2D eigenvalue weighted by Crippen LogP contribution is -1.90. The number of hydrogen-bond donors (Lipinski definition) is 1. The first-order chi connectivity index (χ1) is 12.1. The smallest absolute Gasteiger partial charge is 0.270 e. The third kappa shape index (κ3) is 3.53. The fraction of sp³-hybridized carbons (Fsp3) is 0.0625. The number of nitriles is 1. The molecule has 3 rings (SSSR count). The molecule has 0 fully saturated rings. The normalized spacial score (nSPS) is 10.7. The molecule has 25 heavy (non-hydrogen) atoms. The molecule has 2 aromatic heterocycles. The Hall–Kier alpha value is -3.93. The lowest BCUT2D eigenvalue weighted by molar-refractivity contribution is -0.384. The maximum atomic E-state index is 10.8. The molecule has 0 atom stereocenters. The van der Waals surface area contributed by atoms with Crippen molar-refractivity contribution in [3.8, 4) is 17.4 Å². The van der Waals surface area contributed by atoms with Gasteiger partial charge in [0.2, 0.25) is 5.69 Å². The van der Waals surface area contributed by atoms with E-state index in [-0.39, 0.29) is 17.3 Å². The highest BCUT2D eigenvalue weighted by Gasteiger charge is 2.11. The third-order valence-corrected chi connectivity index (χ3v) is 3.17. The van der Waals surface area contributed by atoms with Crippen molar-refractivity contribution in [1.82, 2.24) is 4.98 Å². The summed E-state index contributed by atoms with van der Waals surface area (Å²) < 4.78 is 10.8. The van der Waals surface area contributed by atoms with E-state index in [2.05, 4.69) is 15.5 Å². The Bertz CT molecular complexity index is 996. The van der Waals surface area contributed by atoms with Crippen LogP contribution in [0.3, 0.4) is 0 Å². The Morgan fingerprint density at radius 2 is 2.20 bits per heavy atom. The molecule has 9 heteroatoms. The zero-order valence-corrected chi connectivity index (χ0v) is 13.0. The van der Waals surface area contributed by atoms with Crippen LogP contribution in [0.15, 0.2) is 50.3 Å². The monoisotopic (exact) mass is 337 g/mol. The zero-order chi connectivity index (χ0) is 17.8. The number of nitrogens with zero attached hydrogens (tertiary/aromatic N) is 4. The van der Waals surface area contributed by atoms with Crippen LogP contribution in [0.4, 0.5) is 11.6 Å². The van der Waals surface area contributed by atoms with E-state index in [1.54, 1.807) is 31.2 Å². The Labute approximate surface area is 141 Å². The summed E-state index contributed by atoms with van der Waals surface area (Å²) in [5.74, 6) is 1.38. The van der Waals surface area contributed by atoms with E-state index in [1.165, 1.54) is 18.3 Å². The van der Waals surface area contributed by atoms with Gasteiger partial charge in [-0.2, -0.15) is 10.4 Å². The number of benzene rings is 1. The first-order valence-electron chi connectivity index (χ1n) is 7.08. The number of hydrazone groups is 1. The van der Waals surface area contributed by atoms with E-state index >= 15 is 0 Å². The van der Waals surface area contributed by atoms with Crippen LogP contribution in [-0.4, -0.2) is 16.1 Å². The van der Waals surface area contributed by atoms with Crippen LogP contribution in [0.1, 0.15) is 17.3 Å². The summed E-state index contributed by atoms with van der Waals surface area (Å²) >= 11 is 0. The summed E-state index contributed by atoms with van der Waals surface area (Å²) in [5, 5.41) is 23.7. The van der Waals surface area contributed by atoms with Gasteiger partial charge in [0.05, 0.1) is 11.1 Å². The van der Waals surface area contributed by atoms with E-state index in [1.807, 2.05) is 6.07 Å². The fourth-order valence-electron chi connectivity index (χ4n) is 2.08. The average Bonchev–Trinajstić information content (AvgIpc) is 3.21. The van der Waals surface area contributed by atoms with E-state index in [9.17, 15) is 10.1 Å². The van der Waals surface area contributed by atoms with Crippen molar-refractivity contribution in [2.75, 3.05) is 5.43 Å². The predicted octanol–water partition coefficient (Wildman–Crippen LogP) is 3.47. The maximum absolute atomic E-state index is 10.8. The fourth-order valence-corrected chi connectivity index (χ4v) is 2.08. The average molecular weight is 337 g/mol. The zero-order valence-electron chi connectivity index (χ0n) is 13.0. The van der Waals surface area contributed by atoms with Gasteiger partial charge in [-0.25, -0.2) is 10.4 Å². The van der Waals surface area contributed by atoms with Crippen LogP contribution in [-0.2, 0) is 0 Å². The lowest BCUT2D eigenvalue weighted by Gasteiger charge is -1.97.